The van der Waals surface area contributed by atoms with Crippen LogP contribution < -0.4 is 5.32 Å². The van der Waals surface area contributed by atoms with Gasteiger partial charge in [-0.05, 0) is 43.3 Å². The number of pyridine rings is 1. The molecule has 0 aliphatic carbocycles. The fourth-order valence-corrected chi connectivity index (χ4v) is 3.03. The molecule has 3 rings (SSSR count). The van der Waals surface area contributed by atoms with E-state index in [1.165, 1.54) is 0 Å². The Morgan fingerprint density at radius 1 is 1.18 bits per heavy atom. The Kier molecular flexibility index (Phi) is 5.84. The number of aromatic nitrogens is 3. The molecule has 6 heteroatoms. The van der Waals surface area contributed by atoms with Gasteiger partial charge in [0.2, 0.25) is 5.91 Å². The zero-order valence-corrected chi connectivity index (χ0v) is 17.4. The molecule has 1 atom stereocenters. The summed E-state index contributed by atoms with van der Waals surface area (Å²) < 4.78 is 1.85. The third kappa shape index (κ3) is 4.60. The first-order chi connectivity index (χ1) is 13.3. The van der Waals surface area contributed by atoms with Crippen LogP contribution in [0.25, 0.3) is 5.69 Å². The van der Waals surface area contributed by atoms with E-state index in [0.29, 0.717) is 11.6 Å². The van der Waals surface area contributed by atoms with Gasteiger partial charge in [0, 0.05) is 16.6 Å². The Hall–Kier alpha value is -2.66. The molecule has 0 saturated carbocycles. The van der Waals surface area contributed by atoms with E-state index in [-0.39, 0.29) is 17.2 Å². The summed E-state index contributed by atoms with van der Waals surface area (Å²) in [5, 5.41) is 8.42. The van der Waals surface area contributed by atoms with Gasteiger partial charge in [0.25, 0.3) is 0 Å². The minimum Gasteiger partial charge on any atom is -0.350 e. The van der Waals surface area contributed by atoms with Crippen molar-refractivity contribution in [2.75, 3.05) is 0 Å². The van der Waals surface area contributed by atoms with E-state index in [1.54, 1.807) is 6.20 Å². The molecular formula is C22H25ClN4O. The zero-order chi connectivity index (χ0) is 20.3. The van der Waals surface area contributed by atoms with E-state index in [4.69, 9.17) is 16.7 Å². The van der Waals surface area contributed by atoms with E-state index in [0.717, 1.165) is 22.8 Å². The fraction of sp³-hybridized carbons (Fsp3) is 0.318. The molecule has 0 radical (unpaired) electrons. The number of hydrogen-bond donors (Lipinski definition) is 1. The maximum absolute atomic E-state index is 12.6. The summed E-state index contributed by atoms with van der Waals surface area (Å²) in [4.78, 5) is 16.9. The molecule has 1 amide bonds. The van der Waals surface area contributed by atoms with Gasteiger partial charge in [-0.1, -0.05) is 44.5 Å². The highest BCUT2D eigenvalue weighted by molar-refractivity contribution is 6.30. The predicted octanol–water partition coefficient (Wildman–Crippen LogP) is 4.64. The lowest BCUT2D eigenvalue weighted by Gasteiger charge is -2.14. The summed E-state index contributed by atoms with van der Waals surface area (Å²) >= 11 is 6.16. The fourth-order valence-electron chi connectivity index (χ4n) is 2.84. The monoisotopic (exact) mass is 396 g/mol. The van der Waals surface area contributed by atoms with Crippen molar-refractivity contribution in [2.45, 2.75) is 45.6 Å². The van der Waals surface area contributed by atoms with Crippen LogP contribution in [0.15, 0.2) is 54.7 Å². The third-order valence-corrected chi connectivity index (χ3v) is 4.81. The summed E-state index contributed by atoms with van der Waals surface area (Å²) in [6.45, 7) is 8.56. The van der Waals surface area contributed by atoms with Crippen LogP contribution in [0, 0.1) is 0 Å². The van der Waals surface area contributed by atoms with Crippen molar-refractivity contribution in [3.05, 3.63) is 76.8 Å². The molecule has 0 fully saturated rings. The van der Waals surface area contributed by atoms with Crippen molar-refractivity contribution in [1.29, 1.82) is 0 Å². The number of rotatable bonds is 5. The number of nitrogens with zero attached hydrogens (tertiary/aromatic N) is 3. The SMILES string of the molecule is CC(C(=O)NCc1cc(C(C)(C)C)nn1-c1cccc(Cl)c1)c1ccccn1. The first-order valence-corrected chi connectivity index (χ1v) is 9.67. The van der Waals surface area contributed by atoms with Crippen molar-refractivity contribution in [3.63, 3.8) is 0 Å². The van der Waals surface area contributed by atoms with Gasteiger partial charge in [-0.2, -0.15) is 5.10 Å². The molecule has 1 aromatic carbocycles. The molecule has 0 saturated heterocycles. The van der Waals surface area contributed by atoms with Gasteiger partial charge in [-0.3, -0.25) is 9.78 Å². The molecular weight excluding hydrogens is 372 g/mol. The van der Waals surface area contributed by atoms with Gasteiger partial charge >= 0.3 is 0 Å². The van der Waals surface area contributed by atoms with Crippen LogP contribution in [0.1, 0.15) is 50.7 Å². The Morgan fingerprint density at radius 2 is 1.96 bits per heavy atom. The van der Waals surface area contributed by atoms with E-state index in [2.05, 4.69) is 31.1 Å². The minimum atomic E-state index is -0.328. The smallest absolute Gasteiger partial charge is 0.229 e. The molecule has 28 heavy (non-hydrogen) atoms. The van der Waals surface area contributed by atoms with Gasteiger partial charge in [-0.25, -0.2) is 4.68 Å². The van der Waals surface area contributed by atoms with Crippen molar-refractivity contribution in [3.8, 4) is 5.69 Å². The predicted molar refractivity (Wildman–Crippen MR) is 112 cm³/mol. The molecule has 5 nitrogen and oxygen atoms in total. The molecule has 146 valence electrons. The Balaban J connectivity index is 1.84. The number of carbonyl (C=O) groups is 1. The highest BCUT2D eigenvalue weighted by Crippen LogP contribution is 2.25. The van der Waals surface area contributed by atoms with Crippen LogP contribution in [0.2, 0.25) is 5.02 Å². The van der Waals surface area contributed by atoms with Crippen molar-refractivity contribution < 1.29 is 4.79 Å². The van der Waals surface area contributed by atoms with Crippen LogP contribution in [0.3, 0.4) is 0 Å². The first-order valence-electron chi connectivity index (χ1n) is 9.29. The number of amides is 1. The molecule has 3 aromatic rings. The molecule has 1 N–H and O–H groups in total. The van der Waals surface area contributed by atoms with Gasteiger partial charge in [0.05, 0.1) is 35.2 Å². The van der Waals surface area contributed by atoms with Gasteiger partial charge in [0.1, 0.15) is 0 Å². The average molecular weight is 397 g/mol. The van der Waals surface area contributed by atoms with Crippen molar-refractivity contribution >= 4 is 17.5 Å². The van der Waals surface area contributed by atoms with Gasteiger partial charge in [0.15, 0.2) is 0 Å². The van der Waals surface area contributed by atoms with E-state index < -0.39 is 0 Å². The van der Waals surface area contributed by atoms with Crippen LogP contribution in [-0.4, -0.2) is 20.7 Å². The van der Waals surface area contributed by atoms with E-state index in [1.807, 2.05) is 60.1 Å². The molecule has 1 unspecified atom stereocenters. The van der Waals surface area contributed by atoms with Crippen LogP contribution in [-0.2, 0) is 16.8 Å². The number of benzene rings is 1. The Labute approximate surface area is 170 Å². The van der Waals surface area contributed by atoms with Gasteiger partial charge in [-0.15, -0.1) is 0 Å². The van der Waals surface area contributed by atoms with Gasteiger partial charge < -0.3 is 5.32 Å². The largest absolute Gasteiger partial charge is 0.350 e. The maximum atomic E-state index is 12.6. The number of carbonyl (C=O) groups excluding carboxylic acids is 1. The number of hydrogen-bond acceptors (Lipinski definition) is 3. The quantitative estimate of drug-likeness (QED) is 0.683. The maximum Gasteiger partial charge on any atom is 0.229 e. The summed E-state index contributed by atoms with van der Waals surface area (Å²) in [5.41, 5.74) is 3.36. The minimum absolute atomic E-state index is 0.0742. The normalized spacial score (nSPS) is 12.6. The van der Waals surface area contributed by atoms with E-state index in [9.17, 15) is 4.79 Å². The number of nitrogens with one attached hydrogen (secondary N) is 1. The zero-order valence-electron chi connectivity index (χ0n) is 16.6. The summed E-state index contributed by atoms with van der Waals surface area (Å²) in [6, 6.07) is 15.2. The number of halogens is 1. The third-order valence-electron chi connectivity index (χ3n) is 4.57. The topological polar surface area (TPSA) is 59.8 Å². The lowest BCUT2D eigenvalue weighted by molar-refractivity contribution is -0.122. The highest BCUT2D eigenvalue weighted by Gasteiger charge is 2.22. The van der Waals surface area contributed by atoms with Crippen molar-refractivity contribution in [1.82, 2.24) is 20.1 Å². The molecule has 0 aliphatic rings. The lowest BCUT2D eigenvalue weighted by Crippen LogP contribution is -2.28. The second kappa shape index (κ2) is 8.15. The lowest BCUT2D eigenvalue weighted by atomic mass is 9.92. The Morgan fingerprint density at radius 3 is 2.61 bits per heavy atom. The summed E-state index contributed by atoms with van der Waals surface area (Å²) in [7, 11) is 0. The molecule has 0 bridgehead atoms. The first kappa shape index (κ1) is 20.1. The standard InChI is InChI=1S/C22H25ClN4O/c1-15(19-10-5-6-11-24-19)21(28)25-14-18-13-20(22(2,3)4)26-27(18)17-9-7-8-16(23)12-17/h5-13,15H,14H2,1-4H3,(H,25,28). The molecule has 0 aliphatic heterocycles. The van der Waals surface area contributed by atoms with Crippen molar-refractivity contribution in [2.24, 2.45) is 0 Å². The molecule has 2 heterocycles. The van der Waals surface area contributed by atoms with Crippen LogP contribution >= 0.6 is 11.6 Å². The summed E-state index contributed by atoms with van der Waals surface area (Å²) in [5.74, 6) is -0.402. The van der Waals surface area contributed by atoms with Crippen LogP contribution in [0.5, 0.6) is 0 Å². The average Bonchev–Trinajstić information content (AvgIpc) is 3.11. The molecule has 2 aromatic heterocycles. The Bertz CT molecular complexity index is 960. The van der Waals surface area contributed by atoms with E-state index >= 15 is 0 Å². The highest BCUT2D eigenvalue weighted by atomic mass is 35.5. The molecule has 0 spiro atoms. The summed E-state index contributed by atoms with van der Waals surface area (Å²) in [6.07, 6.45) is 1.70. The van der Waals surface area contributed by atoms with Crippen LogP contribution in [0.4, 0.5) is 0 Å². The second-order valence-corrected chi connectivity index (χ2v) is 8.29. The second-order valence-electron chi connectivity index (χ2n) is 7.86.